The zero-order chi connectivity index (χ0) is 13.1. The van der Waals surface area contributed by atoms with Crippen LogP contribution >= 0.6 is 0 Å². The van der Waals surface area contributed by atoms with Gasteiger partial charge in [0.15, 0.2) is 5.78 Å². The van der Waals surface area contributed by atoms with Crippen molar-refractivity contribution in [3.8, 4) is 0 Å². The molecule has 1 atom stereocenters. The van der Waals surface area contributed by atoms with Gasteiger partial charge in [-0.25, -0.2) is 0 Å². The smallest absolute Gasteiger partial charge is 0.269 e. The Hall–Kier alpha value is -1.75. The summed E-state index contributed by atoms with van der Waals surface area (Å²) in [7, 11) is 0. The fraction of sp³-hybridized carbons (Fsp3) is 0.462. The van der Waals surface area contributed by atoms with E-state index in [1.165, 1.54) is 24.3 Å². The molecule has 0 aromatic heterocycles. The number of rotatable bonds is 4. The van der Waals surface area contributed by atoms with Crippen molar-refractivity contribution in [3.63, 3.8) is 0 Å². The maximum atomic E-state index is 12.0. The van der Waals surface area contributed by atoms with E-state index in [-0.39, 0.29) is 11.5 Å². The van der Waals surface area contributed by atoms with Gasteiger partial charge in [0.25, 0.3) is 5.69 Å². The van der Waals surface area contributed by atoms with Gasteiger partial charge in [0.05, 0.1) is 11.5 Å². The van der Waals surface area contributed by atoms with Crippen molar-refractivity contribution in [2.24, 2.45) is 5.92 Å². The quantitative estimate of drug-likeness (QED) is 0.465. The Kier molecular flexibility index (Phi) is 3.72. The Labute approximate surface area is 106 Å². The number of carbonyl (C=O) groups excluding carboxylic acids is 1. The molecule has 1 aliphatic rings. The summed E-state index contributed by atoms with van der Waals surface area (Å²) in [5, 5.41) is 10.5. The summed E-state index contributed by atoms with van der Waals surface area (Å²) < 4.78 is 0. The highest BCUT2D eigenvalue weighted by atomic mass is 16.6. The highest BCUT2D eigenvalue weighted by molar-refractivity contribution is 5.97. The number of likely N-dealkylation sites (tertiary alicyclic amines) is 1. The average molecular weight is 248 g/mol. The van der Waals surface area contributed by atoms with Crippen LogP contribution in [0.25, 0.3) is 0 Å². The first-order chi connectivity index (χ1) is 8.56. The molecule has 0 radical (unpaired) electrons. The molecule has 1 heterocycles. The Morgan fingerprint density at radius 3 is 2.61 bits per heavy atom. The molecule has 0 aliphatic carbocycles. The molecule has 2 rings (SSSR count). The van der Waals surface area contributed by atoms with E-state index in [1.807, 2.05) is 0 Å². The molecular formula is C13H16N2O3. The normalized spacial score (nSPS) is 19.9. The van der Waals surface area contributed by atoms with Crippen LogP contribution in [0, 0.1) is 16.0 Å². The van der Waals surface area contributed by atoms with Crippen molar-refractivity contribution in [1.82, 2.24) is 4.90 Å². The zero-order valence-corrected chi connectivity index (χ0v) is 10.3. The Morgan fingerprint density at radius 2 is 2.11 bits per heavy atom. The summed E-state index contributed by atoms with van der Waals surface area (Å²) >= 11 is 0. The zero-order valence-electron chi connectivity index (χ0n) is 10.3. The van der Waals surface area contributed by atoms with E-state index in [2.05, 4.69) is 11.8 Å². The molecular weight excluding hydrogens is 232 g/mol. The fourth-order valence-electron chi connectivity index (χ4n) is 2.23. The second-order valence-electron chi connectivity index (χ2n) is 4.86. The molecule has 1 unspecified atom stereocenters. The van der Waals surface area contributed by atoms with Crippen LogP contribution in [-0.2, 0) is 0 Å². The lowest BCUT2D eigenvalue weighted by Crippen LogP contribution is -2.27. The number of nitro groups is 1. The first kappa shape index (κ1) is 12.7. The maximum absolute atomic E-state index is 12.0. The van der Waals surface area contributed by atoms with Crippen molar-refractivity contribution in [3.05, 3.63) is 39.9 Å². The minimum atomic E-state index is -0.462. The second kappa shape index (κ2) is 5.27. The molecule has 1 fully saturated rings. The monoisotopic (exact) mass is 248 g/mol. The van der Waals surface area contributed by atoms with Gasteiger partial charge in [-0.15, -0.1) is 0 Å². The van der Waals surface area contributed by atoms with Crippen LogP contribution in [-0.4, -0.2) is 35.2 Å². The second-order valence-corrected chi connectivity index (χ2v) is 4.86. The molecule has 1 aliphatic heterocycles. The number of carbonyl (C=O) groups is 1. The van der Waals surface area contributed by atoms with Gasteiger partial charge in [0.2, 0.25) is 0 Å². The summed E-state index contributed by atoms with van der Waals surface area (Å²) in [6.07, 6.45) is 1.13. The summed E-state index contributed by atoms with van der Waals surface area (Å²) in [5.74, 6) is 0.675. The molecule has 5 heteroatoms. The van der Waals surface area contributed by atoms with Crippen LogP contribution in [0.1, 0.15) is 23.7 Å². The number of non-ortho nitro benzene ring substituents is 1. The van der Waals surface area contributed by atoms with Gasteiger partial charge in [-0.2, -0.15) is 0 Å². The number of hydrogen-bond acceptors (Lipinski definition) is 4. The molecule has 0 spiro atoms. The first-order valence-electron chi connectivity index (χ1n) is 6.06. The lowest BCUT2D eigenvalue weighted by Gasteiger charge is -2.13. The SMILES string of the molecule is CC1CCN(CC(=O)c2ccc([N+](=O)[O-])cc2)C1. The largest absolute Gasteiger partial charge is 0.296 e. The molecule has 18 heavy (non-hydrogen) atoms. The fourth-order valence-corrected chi connectivity index (χ4v) is 2.23. The number of Topliss-reactive ketones (excluding diaryl/α,β-unsaturated/α-hetero) is 1. The van der Waals surface area contributed by atoms with Crippen LogP contribution in [0.3, 0.4) is 0 Å². The molecule has 0 bridgehead atoms. The minimum absolute atomic E-state index is 0.0151. The van der Waals surface area contributed by atoms with E-state index >= 15 is 0 Å². The molecule has 0 amide bonds. The maximum Gasteiger partial charge on any atom is 0.269 e. The molecule has 1 saturated heterocycles. The van der Waals surface area contributed by atoms with Crippen LogP contribution in [0.5, 0.6) is 0 Å². The summed E-state index contributed by atoms with van der Waals surface area (Å²) in [4.78, 5) is 24.2. The van der Waals surface area contributed by atoms with Gasteiger partial charge < -0.3 is 0 Å². The Bertz CT molecular complexity index is 456. The first-order valence-corrected chi connectivity index (χ1v) is 6.06. The lowest BCUT2D eigenvalue weighted by molar-refractivity contribution is -0.384. The molecule has 96 valence electrons. The average Bonchev–Trinajstić information content (AvgIpc) is 2.75. The number of benzene rings is 1. The van der Waals surface area contributed by atoms with E-state index in [1.54, 1.807) is 0 Å². The Morgan fingerprint density at radius 1 is 1.44 bits per heavy atom. The highest BCUT2D eigenvalue weighted by Crippen LogP contribution is 2.16. The number of nitrogens with zero attached hydrogens (tertiary/aromatic N) is 2. The summed E-state index contributed by atoms with van der Waals surface area (Å²) in [5.41, 5.74) is 0.557. The summed E-state index contributed by atoms with van der Waals surface area (Å²) in [6, 6.07) is 5.81. The molecule has 5 nitrogen and oxygen atoms in total. The van der Waals surface area contributed by atoms with Gasteiger partial charge in [0.1, 0.15) is 0 Å². The predicted octanol–water partition coefficient (Wildman–Crippen LogP) is 2.12. The van der Waals surface area contributed by atoms with Crippen molar-refractivity contribution >= 4 is 11.5 Å². The molecule has 0 saturated carbocycles. The van der Waals surface area contributed by atoms with Crippen molar-refractivity contribution in [2.45, 2.75) is 13.3 Å². The van der Waals surface area contributed by atoms with Crippen molar-refractivity contribution < 1.29 is 9.72 Å². The third-order valence-corrected chi connectivity index (χ3v) is 3.28. The number of hydrogen-bond donors (Lipinski definition) is 0. The van der Waals surface area contributed by atoms with Crippen LogP contribution in [0.2, 0.25) is 0 Å². The standard InChI is InChI=1S/C13H16N2O3/c1-10-6-7-14(8-10)9-13(16)11-2-4-12(5-3-11)15(17)18/h2-5,10H,6-9H2,1H3. The van der Waals surface area contributed by atoms with Gasteiger partial charge in [-0.1, -0.05) is 6.92 Å². The minimum Gasteiger partial charge on any atom is -0.296 e. The van der Waals surface area contributed by atoms with Gasteiger partial charge in [-0.3, -0.25) is 19.8 Å². The van der Waals surface area contributed by atoms with Gasteiger partial charge in [0, 0.05) is 24.2 Å². The van der Waals surface area contributed by atoms with Crippen LogP contribution in [0.4, 0.5) is 5.69 Å². The topological polar surface area (TPSA) is 63.5 Å². The summed E-state index contributed by atoms with van der Waals surface area (Å²) in [6.45, 7) is 4.50. The number of nitro benzene ring substituents is 1. The predicted molar refractivity (Wildman–Crippen MR) is 67.6 cm³/mol. The van der Waals surface area contributed by atoms with E-state index in [0.717, 1.165) is 19.5 Å². The third-order valence-electron chi connectivity index (χ3n) is 3.28. The van der Waals surface area contributed by atoms with Crippen LogP contribution < -0.4 is 0 Å². The molecule has 1 aromatic rings. The van der Waals surface area contributed by atoms with Gasteiger partial charge >= 0.3 is 0 Å². The Balaban J connectivity index is 1.98. The van der Waals surface area contributed by atoms with E-state index < -0.39 is 4.92 Å². The van der Waals surface area contributed by atoms with Gasteiger partial charge in [-0.05, 0) is 31.0 Å². The van der Waals surface area contributed by atoms with E-state index in [0.29, 0.717) is 18.0 Å². The molecule has 0 N–H and O–H groups in total. The third kappa shape index (κ3) is 2.92. The molecule has 1 aromatic carbocycles. The van der Waals surface area contributed by atoms with Crippen molar-refractivity contribution in [2.75, 3.05) is 19.6 Å². The highest BCUT2D eigenvalue weighted by Gasteiger charge is 2.21. The number of ketones is 1. The van der Waals surface area contributed by atoms with E-state index in [4.69, 9.17) is 0 Å². The van der Waals surface area contributed by atoms with Crippen molar-refractivity contribution in [1.29, 1.82) is 0 Å². The van der Waals surface area contributed by atoms with E-state index in [9.17, 15) is 14.9 Å². The lowest BCUT2D eigenvalue weighted by atomic mass is 10.1. The van der Waals surface area contributed by atoms with Crippen LogP contribution in [0.15, 0.2) is 24.3 Å².